The molecule has 0 saturated carbocycles. The predicted octanol–water partition coefficient (Wildman–Crippen LogP) is 1.11. The second kappa shape index (κ2) is 10.5. The lowest BCUT2D eigenvalue weighted by Crippen LogP contribution is -2.56. The fourth-order valence-electron chi connectivity index (χ4n) is 3.71. The number of benzene rings is 1. The Labute approximate surface area is 186 Å². The molecule has 1 aromatic rings. The van der Waals surface area contributed by atoms with Crippen molar-refractivity contribution in [2.24, 2.45) is 0 Å². The van der Waals surface area contributed by atoms with Gasteiger partial charge in [0.25, 0.3) is 17.7 Å². The summed E-state index contributed by atoms with van der Waals surface area (Å²) < 4.78 is 5.16. The lowest BCUT2D eigenvalue weighted by molar-refractivity contribution is -0.155. The summed E-state index contributed by atoms with van der Waals surface area (Å²) in [6.07, 6.45) is 0.110. The van der Waals surface area contributed by atoms with Crippen molar-refractivity contribution < 1.29 is 28.7 Å². The molecule has 4 amide bonds. The number of likely N-dealkylation sites (tertiary alicyclic amines) is 1. The molecule has 9 nitrogen and oxygen atoms in total. The van der Waals surface area contributed by atoms with Gasteiger partial charge in [0.2, 0.25) is 5.91 Å². The minimum absolute atomic E-state index is 0. The summed E-state index contributed by atoms with van der Waals surface area (Å²) in [5.74, 6) is -2.54. The van der Waals surface area contributed by atoms with Crippen molar-refractivity contribution in [3.8, 4) is 0 Å². The number of hydrogen-bond donors (Lipinski definition) is 0. The second-order valence-electron chi connectivity index (χ2n) is 7.15. The number of halogens is 1. The van der Waals surface area contributed by atoms with Crippen molar-refractivity contribution >= 4 is 42.0 Å². The van der Waals surface area contributed by atoms with Crippen LogP contribution in [0.5, 0.6) is 0 Å². The van der Waals surface area contributed by atoms with Crippen LogP contribution >= 0.6 is 12.4 Å². The maximum Gasteiger partial charge on any atom is 0.320 e. The zero-order chi connectivity index (χ0) is 21.8. The van der Waals surface area contributed by atoms with E-state index in [9.17, 15) is 24.0 Å². The van der Waals surface area contributed by atoms with Gasteiger partial charge < -0.3 is 4.74 Å². The van der Waals surface area contributed by atoms with Gasteiger partial charge in [-0.25, -0.2) is 0 Å². The molecule has 1 aromatic carbocycles. The van der Waals surface area contributed by atoms with Crippen LogP contribution in [0.3, 0.4) is 0 Å². The molecule has 2 heterocycles. The van der Waals surface area contributed by atoms with Gasteiger partial charge in [0.05, 0.1) is 24.2 Å². The van der Waals surface area contributed by atoms with Gasteiger partial charge in [-0.05, 0) is 31.6 Å². The van der Waals surface area contributed by atoms with Crippen molar-refractivity contribution in [3.05, 3.63) is 35.4 Å². The fourth-order valence-corrected chi connectivity index (χ4v) is 3.71. The van der Waals surface area contributed by atoms with Crippen LogP contribution in [0.15, 0.2) is 24.3 Å². The quantitative estimate of drug-likeness (QED) is 0.430. The van der Waals surface area contributed by atoms with Crippen LogP contribution < -0.4 is 0 Å². The lowest BCUT2D eigenvalue weighted by Gasteiger charge is -2.34. The Hall–Kier alpha value is -2.78. The Morgan fingerprint density at radius 3 is 2.19 bits per heavy atom. The van der Waals surface area contributed by atoms with E-state index in [1.807, 2.05) is 18.7 Å². The highest BCUT2D eigenvalue weighted by Gasteiger charge is 2.46. The highest BCUT2D eigenvalue weighted by molar-refractivity contribution is 6.23. The summed E-state index contributed by atoms with van der Waals surface area (Å²) >= 11 is 0. The molecule has 0 aromatic heterocycles. The molecule has 0 aliphatic carbocycles. The number of ether oxygens (including phenoxy) is 1. The van der Waals surface area contributed by atoms with Crippen molar-refractivity contribution in [3.63, 3.8) is 0 Å². The van der Waals surface area contributed by atoms with E-state index in [-0.39, 0.29) is 56.1 Å². The van der Waals surface area contributed by atoms with Gasteiger partial charge in [0.15, 0.2) is 0 Å². The second-order valence-corrected chi connectivity index (χ2v) is 7.15. The highest BCUT2D eigenvalue weighted by atomic mass is 35.5. The number of esters is 1. The third-order valence-electron chi connectivity index (χ3n) is 5.45. The van der Waals surface area contributed by atoms with Gasteiger partial charge in [0.1, 0.15) is 12.6 Å². The minimum Gasteiger partial charge on any atom is -0.463 e. The maximum absolute atomic E-state index is 12.9. The van der Waals surface area contributed by atoms with Crippen molar-refractivity contribution in [1.29, 1.82) is 0 Å². The first-order valence-corrected chi connectivity index (χ1v) is 10.1. The molecule has 1 fully saturated rings. The Morgan fingerprint density at radius 1 is 1.06 bits per heavy atom. The van der Waals surface area contributed by atoms with Crippen LogP contribution in [0.1, 0.15) is 47.4 Å². The Balaban J connectivity index is 0.00000341. The number of hydrogen-bond acceptors (Lipinski definition) is 7. The summed E-state index contributed by atoms with van der Waals surface area (Å²) in [5.41, 5.74) is 0.508. The monoisotopic (exact) mass is 451 g/mol. The molecule has 168 valence electrons. The molecule has 3 rings (SSSR count). The van der Waals surface area contributed by atoms with Crippen LogP contribution in [0.25, 0.3) is 0 Å². The number of nitrogens with zero attached hydrogens (tertiary/aromatic N) is 3. The van der Waals surface area contributed by atoms with E-state index >= 15 is 0 Å². The van der Waals surface area contributed by atoms with E-state index in [1.54, 1.807) is 24.3 Å². The van der Waals surface area contributed by atoms with Crippen LogP contribution in [-0.2, 0) is 19.1 Å². The minimum atomic E-state index is -1.04. The molecule has 0 spiro atoms. The van der Waals surface area contributed by atoms with E-state index < -0.39 is 35.6 Å². The van der Waals surface area contributed by atoms with Gasteiger partial charge in [0, 0.05) is 6.42 Å². The molecule has 0 bridgehead atoms. The molecular formula is C21H26ClN3O6. The molecule has 1 atom stereocenters. The Morgan fingerprint density at radius 2 is 1.65 bits per heavy atom. The van der Waals surface area contributed by atoms with Crippen LogP contribution in [-0.4, -0.2) is 83.1 Å². The Kier molecular flexibility index (Phi) is 8.29. The third kappa shape index (κ3) is 4.94. The average Bonchev–Trinajstić information content (AvgIpc) is 2.99. The van der Waals surface area contributed by atoms with E-state index in [0.717, 1.165) is 9.80 Å². The number of fused-ring (bicyclic) bond motifs is 1. The molecule has 0 radical (unpaired) electrons. The first-order chi connectivity index (χ1) is 14.4. The first kappa shape index (κ1) is 24.5. The van der Waals surface area contributed by atoms with Gasteiger partial charge in [-0.2, -0.15) is 0 Å². The number of likely N-dealkylation sites (N-methyl/N-ethyl adjacent to an activating group) is 1. The number of amides is 4. The maximum atomic E-state index is 12.9. The van der Waals surface area contributed by atoms with Crippen LogP contribution in [0, 0.1) is 0 Å². The topological polar surface area (TPSA) is 104 Å². The smallest absolute Gasteiger partial charge is 0.320 e. The molecule has 2 aliphatic rings. The fraction of sp³-hybridized carbons (Fsp3) is 0.476. The average molecular weight is 452 g/mol. The number of piperidine rings is 1. The standard InChI is InChI=1S/C21H25N3O6.ClH/c1-3-22(4-2)13-18(26)30-12-11-23-17(25)10-9-16(21(23)29)24-19(27)14-7-5-6-8-15(14)20(24)28;/h5-8,16H,3-4,9-13H2,1-2H3;1H. The zero-order valence-corrected chi connectivity index (χ0v) is 18.4. The van der Waals surface area contributed by atoms with E-state index in [1.165, 1.54) is 0 Å². The SMILES string of the molecule is CCN(CC)CC(=O)OCCN1C(=O)CCC(N2C(=O)c3ccccc3C2=O)C1=O.Cl. The van der Waals surface area contributed by atoms with Gasteiger partial charge in [-0.3, -0.25) is 38.7 Å². The zero-order valence-electron chi connectivity index (χ0n) is 17.5. The molecular weight excluding hydrogens is 426 g/mol. The molecule has 10 heteroatoms. The normalized spacial score (nSPS) is 18.4. The molecule has 1 saturated heterocycles. The summed E-state index contributed by atoms with van der Waals surface area (Å²) in [5, 5.41) is 0. The first-order valence-electron chi connectivity index (χ1n) is 10.1. The van der Waals surface area contributed by atoms with Crippen molar-refractivity contribution in [1.82, 2.24) is 14.7 Å². The lowest BCUT2D eigenvalue weighted by atomic mass is 10.0. The summed E-state index contributed by atoms with van der Waals surface area (Å²) in [6, 6.07) is 5.35. The van der Waals surface area contributed by atoms with Gasteiger partial charge in [-0.15, -0.1) is 12.4 Å². The van der Waals surface area contributed by atoms with Crippen LogP contribution in [0.4, 0.5) is 0 Å². The number of rotatable bonds is 8. The van der Waals surface area contributed by atoms with E-state index in [4.69, 9.17) is 4.74 Å². The third-order valence-corrected chi connectivity index (χ3v) is 5.45. The van der Waals surface area contributed by atoms with Crippen molar-refractivity contribution in [2.75, 3.05) is 32.8 Å². The van der Waals surface area contributed by atoms with Gasteiger partial charge >= 0.3 is 5.97 Å². The molecule has 1 unspecified atom stereocenters. The van der Waals surface area contributed by atoms with Crippen LogP contribution in [0.2, 0.25) is 0 Å². The summed E-state index contributed by atoms with van der Waals surface area (Å²) in [6.45, 7) is 5.16. The van der Waals surface area contributed by atoms with E-state index in [2.05, 4.69) is 0 Å². The number of carbonyl (C=O) groups excluding carboxylic acids is 5. The largest absolute Gasteiger partial charge is 0.463 e. The van der Waals surface area contributed by atoms with E-state index in [0.29, 0.717) is 13.1 Å². The summed E-state index contributed by atoms with van der Waals surface area (Å²) in [4.78, 5) is 66.3. The summed E-state index contributed by atoms with van der Waals surface area (Å²) in [7, 11) is 0. The molecule has 0 N–H and O–H groups in total. The van der Waals surface area contributed by atoms with Crippen molar-refractivity contribution in [2.45, 2.75) is 32.7 Å². The highest BCUT2D eigenvalue weighted by Crippen LogP contribution is 2.28. The molecule has 2 aliphatic heterocycles. The Bertz CT molecular complexity index is 851. The number of imide groups is 2. The van der Waals surface area contributed by atoms with Gasteiger partial charge in [-0.1, -0.05) is 26.0 Å². The predicted molar refractivity (Wildman–Crippen MR) is 113 cm³/mol. The molecule has 31 heavy (non-hydrogen) atoms. The number of carbonyl (C=O) groups is 5.